The first-order valence-electron chi connectivity index (χ1n) is 5.14. The van der Waals surface area contributed by atoms with Crippen molar-refractivity contribution in [2.24, 2.45) is 11.7 Å². The highest BCUT2D eigenvalue weighted by atomic mass is 16.1. The lowest BCUT2D eigenvalue weighted by Crippen LogP contribution is -2.42. The fourth-order valence-electron chi connectivity index (χ4n) is 1.66. The molecule has 1 aliphatic carbocycles. The maximum absolute atomic E-state index is 11.3. The topological polar surface area (TPSA) is 55.1 Å². The summed E-state index contributed by atoms with van der Waals surface area (Å²) in [5.74, 6) is 0.798. The van der Waals surface area contributed by atoms with E-state index < -0.39 is 0 Å². The Kier molecular flexibility index (Phi) is 3.72. The van der Waals surface area contributed by atoms with Crippen LogP contribution in [0, 0.1) is 5.92 Å². The zero-order valence-corrected chi connectivity index (χ0v) is 8.55. The van der Waals surface area contributed by atoms with Gasteiger partial charge in [-0.3, -0.25) is 4.79 Å². The van der Waals surface area contributed by atoms with Gasteiger partial charge >= 0.3 is 0 Å². The van der Waals surface area contributed by atoms with Crippen LogP contribution in [0.5, 0.6) is 0 Å². The summed E-state index contributed by atoms with van der Waals surface area (Å²) >= 11 is 0. The van der Waals surface area contributed by atoms with E-state index in [1.165, 1.54) is 19.3 Å². The Hall–Kier alpha value is -0.570. The number of hydrogen-bond acceptors (Lipinski definition) is 2. The van der Waals surface area contributed by atoms with Crippen LogP contribution in [-0.2, 0) is 4.79 Å². The molecule has 0 aliphatic heterocycles. The summed E-state index contributed by atoms with van der Waals surface area (Å²) < 4.78 is 0. The Morgan fingerprint density at radius 3 is 2.54 bits per heavy atom. The molecule has 3 N–H and O–H groups in total. The molecule has 0 saturated heterocycles. The average Bonchev–Trinajstić information content (AvgIpc) is 1.78. The molecule has 1 rings (SSSR count). The van der Waals surface area contributed by atoms with Crippen LogP contribution in [0.1, 0.15) is 39.5 Å². The summed E-state index contributed by atoms with van der Waals surface area (Å²) in [5, 5.41) is 2.99. The summed E-state index contributed by atoms with van der Waals surface area (Å²) in [5.41, 5.74) is 5.53. The molecule has 1 fully saturated rings. The van der Waals surface area contributed by atoms with Gasteiger partial charge in [-0.05, 0) is 32.6 Å². The molecule has 0 bridgehead atoms. The lowest BCUT2D eigenvalue weighted by atomic mass is 9.80. The second-order valence-corrected chi connectivity index (χ2v) is 4.23. The van der Waals surface area contributed by atoms with Crippen molar-refractivity contribution in [2.45, 2.75) is 51.6 Å². The number of nitrogens with two attached hydrogens (primary N) is 1. The van der Waals surface area contributed by atoms with Gasteiger partial charge in [-0.1, -0.05) is 6.42 Å². The molecule has 76 valence electrons. The normalized spacial score (nSPS) is 21.8. The van der Waals surface area contributed by atoms with Crippen LogP contribution in [0.2, 0.25) is 0 Å². The summed E-state index contributed by atoms with van der Waals surface area (Å²) in [6.45, 7) is 3.94. The molecule has 3 heteroatoms. The summed E-state index contributed by atoms with van der Waals surface area (Å²) in [6.07, 6.45) is 4.29. The van der Waals surface area contributed by atoms with Gasteiger partial charge in [0.1, 0.15) is 0 Å². The van der Waals surface area contributed by atoms with Crippen LogP contribution in [0.25, 0.3) is 0 Å². The molecule has 2 atom stereocenters. The predicted octanol–water partition coefficient (Wildman–Crippen LogP) is 1.03. The highest BCUT2D eigenvalue weighted by molar-refractivity contribution is 5.76. The minimum atomic E-state index is -0.0337. The summed E-state index contributed by atoms with van der Waals surface area (Å²) in [7, 11) is 0. The fraction of sp³-hybridized carbons (Fsp3) is 0.900. The third-order valence-electron chi connectivity index (χ3n) is 2.75. The van der Waals surface area contributed by atoms with E-state index in [0.717, 1.165) is 0 Å². The Bertz CT molecular complexity index is 176. The lowest BCUT2D eigenvalue weighted by Gasteiger charge is -2.32. The number of rotatable bonds is 4. The second-order valence-electron chi connectivity index (χ2n) is 4.23. The van der Waals surface area contributed by atoms with E-state index in [1.54, 1.807) is 0 Å². The van der Waals surface area contributed by atoms with Gasteiger partial charge < -0.3 is 11.1 Å². The Morgan fingerprint density at radius 2 is 2.15 bits per heavy atom. The Morgan fingerprint density at radius 1 is 1.54 bits per heavy atom. The van der Waals surface area contributed by atoms with E-state index in [9.17, 15) is 4.79 Å². The van der Waals surface area contributed by atoms with Gasteiger partial charge in [0.2, 0.25) is 5.91 Å². The largest absolute Gasteiger partial charge is 0.353 e. The van der Waals surface area contributed by atoms with Crippen molar-refractivity contribution in [3.63, 3.8) is 0 Å². The van der Waals surface area contributed by atoms with Gasteiger partial charge in [-0.2, -0.15) is 0 Å². The summed E-state index contributed by atoms with van der Waals surface area (Å²) in [6, 6.07) is 0.300. The Labute approximate surface area is 80.1 Å². The van der Waals surface area contributed by atoms with Crippen molar-refractivity contribution in [1.29, 1.82) is 0 Å². The zero-order valence-electron chi connectivity index (χ0n) is 8.55. The second kappa shape index (κ2) is 4.61. The van der Waals surface area contributed by atoms with Crippen molar-refractivity contribution in [1.82, 2.24) is 5.32 Å². The molecule has 0 aromatic heterocycles. The maximum Gasteiger partial charge on any atom is 0.221 e. The quantitative estimate of drug-likeness (QED) is 0.685. The SMILES string of the molecule is CC(N)CC(=O)NC(C)C1CCC1. The highest BCUT2D eigenvalue weighted by Gasteiger charge is 2.24. The number of carbonyl (C=O) groups excluding carboxylic acids is 1. The number of hydrogen-bond donors (Lipinski definition) is 2. The van der Waals surface area contributed by atoms with E-state index in [-0.39, 0.29) is 11.9 Å². The van der Waals surface area contributed by atoms with Gasteiger partial charge in [0.25, 0.3) is 0 Å². The smallest absolute Gasteiger partial charge is 0.221 e. The zero-order chi connectivity index (χ0) is 9.84. The molecule has 0 spiro atoms. The first-order valence-corrected chi connectivity index (χ1v) is 5.14. The fourth-order valence-corrected chi connectivity index (χ4v) is 1.66. The van der Waals surface area contributed by atoms with E-state index in [2.05, 4.69) is 12.2 Å². The molecule has 3 nitrogen and oxygen atoms in total. The van der Waals surface area contributed by atoms with Crippen molar-refractivity contribution in [2.75, 3.05) is 0 Å². The molecule has 0 radical (unpaired) electrons. The minimum absolute atomic E-state index is 0.0337. The van der Waals surface area contributed by atoms with Crippen LogP contribution in [0.3, 0.4) is 0 Å². The van der Waals surface area contributed by atoms with Crippen molar-refractivity contribution >= 4 is 5.91 Å². The van der Waals surface area contributed by atoms with Crippen LogP contribution < -0.4 is 11.1 Å². The third kappa shape index (κ3) is 3.35. The van der Waals surface area contributed by atoms with Gasteiger partial charge in [0, 0.05) is 18.5 Å². The Balaban J connectivity index is 2.18. The molecule has 1 aliphatic rings. The first kappa shape index (κ1) is 10.5. The van der Waals surface area contributed by atoms with E-state index in [1.807, 2.05) is 6.92 Å². The molecule has 0 aromatic carbocycles. The minimum Gasteiger partial charge on any atom is -0.353 e. The van der Waals surface area contributed by atoms with Crippen molar-refractivity contribution < 1.29 is 4.79 Å². The first-order chi connectivity index (χ1) is 6.09. The van der Waals surface area contributed by atoms with E-state index in [4.69, 9.17) is 5.73 Å². The molecule has 1 saturated carbocycles. The highest BCUT2D eigenvalue weighted by Crippen LogP contribution is 2.29. The van der Waals surface area contributed by atoms with Gasteiger partial charge in [-0.15, -0.1) is 0 Å². The number of nitrogens with one attached hydrogen (secondary N) is 1. The predicted molar refractivity (Wildman–Crippen MR) is 53.2 cm³/mol. The molecule has 0 heterocycles. The van der Waals surface area contributed by atoms with E-state index in [0.29, 0.717) is 18.4 Å². The van der Waals surface area contributed by atoms with Crippen LogP contribution in [0.4, 0.5) is 0 Å². The van der Waals surface area contributed by atoms with Gasteiger partial charge in [0.05, 0.1) is 0 Å². The van der Waals surface area contributed by atoms with Crippen LogP contribution >= 0.6 is 0 Å². The molecule has 13 heavy (non-hydrogen) atoms. The monoisotopic (exact) mass is 184 g/mol. The average molecular weight is 184 g/mol. The van der Waals surface area contributed by atoms with Gasteiger partial charge in [0.15, 0.2) is 0 Å². The van der Waals surface area contributed by atoms with Gasteiger partial charge in [-0.25, -0.2) is 0 Å². The van der Waals surface area contributed by atoms with Crippen LogP contribution in [0.15, 0.2) is 0 Å². The maximum atomic E-state index is 11.3. The van der Waals surface area contributed by atoms with E-state index >= 15 is 0 Å². The van der Waals surface area contributed by atoms with Crippen LogP contribution in [-0.4, -0.2) is 18.0 Å². The molecule has 2 unspecified atom stereocenters. The third-order valence-corrected chi connectivity index (χ3v) is 2.75. The number of amides is 1. The number of carbonyl (C=O) groups is 1. The standard InChI is InChI=1S/C10H20N2O/c1-7(11)6-10(13)12-8(2)9-4-3-5-9/h7-9H,3-6,11H2,1-2H3,(H,12,13). The van der Waals surface area contributed by atoms with Crippen molar-refractivity contribution in [3.05, 3.63) is 0 Å². The summed E-state index contributed by atoms with van der Waals surface area (Å²) in [4.78, 5) is 11.3. The van der Waals surface area contributed by atoms with Crippen molar-refractivity contribution in [3.8, 4) is 0 Å². The molecule has 1 amide bonds. The molecular weight excluding hydrogens is 164 g/mol. The molecular formula is C10H20N2O. The lowest BCUT2D eigenvalue weighted by molar-refractivity contribution is -0.122. The molecule has 0 aromatic rings.